The molecule has 2 rings (SSSR count). The fraction of sp³-hybridized carbons (Fsp3) is 0.400. The molecule has 0 amide bonds. The summed E-state index contributed by atoms with van der Waals surface area (Å²) in [4.78, 5) is 0. The molecule has 13 heavy (non-hydrogen) atoms. The lowest BCUT2D eigenvalue weighted by atomic mass is 9.97. The van der Waals surface area contributed by atoms with Crippen LogP contribution >= 0.6 is 11.6 Å². The van der Waals surface area contributed by atoms with Gasteiger partial charge in [-0.05, 0) is 17.7 Å². The molecule has 1 aliphatic rings. The number of alkyl halides is 1. The van der Waals surface area contributed by atoms with E-state index in [0.29, 0.717) is 11.6 Å². The molecule has 0 unspecified atom stereocenters. The highest BCUT2D eigenvalue weighted by atomic mass is 35.5. The molecule has 1 aromatic carbocycles. The maximum Gasteiger partial charge on any atom is 0.121 e. The van der Waals surface area contributed by atoms with Crippen LogP contribution in [0.25, 0.3) is 0 Å². The summed E-state index contributed by atoms with van der Waals surface area (Å²) in [6.07, 6.45) is -0.763. The summed E-state index contributed by atoms with van der Waals surface area (Å²) in [7, 11) is 0. The van der Waals surface area contributed by atoms with Crippen molar-refractivity contribution in [3.8, 4) is 0 Å². The second kappa shape index (κ2) is 3.64. The monoisotopic (exact) mass is 199 g/mol. The van der Waals surface area contributed by atoms with E-state index in [1.807, 2.05) is 24.3 Å². The average Bonchev–Trinajstić information content (AvgIpc) is 2.53. The number of nitrogens with one attached hydrogen (secondary N) is 1. The molecule has 1 fully saturated rings. The Morgan fingerprint density at radius 3 is 2.46 bits per heavy atom. The van der Waals surface area contributed by atoms with Crippen molar-refractivity contribution >= 4 is 11.6 Å². The summed E-state index contributed by atoms with van der Waals surface area (Å²) >= 11 is 5.75. The zero-order valence-electron chi connectivity index (χ0n) is 7.13. The van der Waals surface area contributed by atoms with E-state index in [1.54, 1.807) is 0 Å². The van der Waals surface area contributed by atoms with Gasteiger partial charge in [-0.3, -0.25) is 0 Å². The van der Waals surface area contributed by atoms with Gasteiger partial charge in [0.2, 0.25) is 0 Å². The number of halogens is 2. The summed E-state index contributed by atoms with van der Waals surface area (Å²) < 4.78 is 13.3. The van der Waals surface area contributed by atoms with Crippen LogP contribution in [0.2, 0.25) is 5.02 Å². The highest BCUT2D eigenvalue weighted by molar-refractivity contribution is 6.30. The zero-order chi connectivity index (χ0) is 9.26. The molecule has 1 saturated heterocycles. The Morgan fingerprint density at radius 1 is 1.23 bits per heavy atom. The van der Waals surface area contributed by atoms with Gasteiger partial charge in [-0.25, -0.2) is 4.39 Å². The third-order valence-corrected chi connectivity index (χ3v) is 2.69. The van der Waals surface area contributed by atoms with Gasteiger partial charge in [0.1, 0.15) is 6.17 Å². The summed E-state index contributed by atoms with van der Waals surface area (Å²) in [5.41, 5.74) is 1.03. The van der Waals surface area contributed by atoms with E-state index >= 15 is 0 Å². The van der Waals surface area contributed by atoms with Gasteiger partial charge in [0.05, 0.1) is 0 Å². The van der Waals surface area contributed by atoms with Crippen LogP contribution in [-0.4, -0.2) is 19.3 Å². The maximum atomic E-state index is 13.3. The molecule has 0 saturated carbocycles. The van der Waals surface area contributed by atoms with Crippen molar-refractivity contribution in [3.63, 3.8) is 0 Å². The molecule has 70 valence electrons. The van der Waals surface area contributed by atoms with Gasteiger partial charge >= 0.3 is 0 Å². The number of hydrogen-bond donors (Lipinski definition) is 1. The third kappa shape index (κ3) is 1.84. The van der Waals surface area contributed by atoms with E-state index in [-0.39, 0.29) is 5.92 Å². The van der Waals surface area contributed by atoms with E-state index in [9.17, 15) is 4.39 Å². The van der Waals surface area contributed by atoms with Gasteiger partial charge in [0, 0.05) is 24.0 Å². The summed E-state index contributed by atoms with van der Waals surface area (Å²) in [6, 6.07) is 7.41. The van der Waals surface area contributed by atoms with Gasteiger partial charge < -0.3 is 5.32 Å². The van der Waals surface area contributed by atoms with E-state index in [1.165, 1.54) is 0 Å². The fourth-order valence-corrected chi connectivity index (χ4v) is 1.81. The highest BCUT2D eigenvalue weighted by Gasteiger charge is 2.27. The SMILES string of the molecule is F[C@H]1CNC[C@@H]1c1ccc(Cl)cc1. The van der Waals surface area contributed by atoms with Gasteiger partial charge in [0.15, 0.2) is 0 Å². The molecule has 0 bridgehead atoms. The Labute approximate surface area is 81.9 Å². The van der Waals surface area contributed by atoms with Crippen LogP contribution in [0.4, 0.5) is 4.39 Å². The molecule has 0 radical (unpaired) electrons. The van der Waals surface area contributed by atoms with Gasteiger partial charge in [-0.15, -0.1) is 0 Å². The van der Waals surface area contributed by atoms with Crippen molar-refractivity contribution < 1.29 is 4.39 Å². The normalized spacial score (nSPS) is 27.8. The van der Waals surface area contributed by atoms with Crippen LogP contribution in [0.1, 0.15) is 11.5 Å². The third-order valence-electron chi connectivity index (χ3n) is 2.44. The summed E-state index contributed by atoms with van der Waals surface area (Å²) in [5.74, 6) is -0.00253. The second-order valence-electron chi connectivity index (χ2n) is 3.33. The first-order valence-corrected chi connectivity index (χ1v) is 4.75. The largest absolute Gasteiger partial charge is 0.313 e. The predicted octanol–water partition coefficient (Wildman–Crippen LogP) is 2.36. The first-order chi connectivity index (χ1) is 6.27. The minimum Gasteiger partial charge on any atom is -0.313 e. The lowest BCUT2D eigenvalue weighted by Gasteiger charge is -2.11. The van der Waals surface area contributed by atoms with Crippen molar-refractivity contribution in [2.24, 2.45) is 0 Å². The molecule has 2 atom stereocenters. The molecule has 0 aliphatic carbocycles. The number of rotatable bonds is 1. The van der Waals surface area contributed by atoms with E-state index in [4.69, 9.17) is 11.6 Å². The first kappa shape index (κ1) is 8.97. The topological polar surface area (TPSA) is 12.0 Å². The average molecular weight is 200 g/mol. The lowest BCUT2D eigenvalue weighted by Crippen LogP contribution is -2.10. The maximum absolute atomic E-state index is 13.3. The Morgan fingerprint density at radius 2 is 1.92 bits per heavy atom. The van der Waals surface area contributed by atoms with Crippen molar-refractivity contribution in [2.45, 2.75) is 12.1 Å². The zero-order valence-corrected chi connectivity index (χ0v) is 7.89. The van der Waals surface area contributed by atoms with Gasteiger partial charge in [0.25, 0.3) is 0 Å². The van der Waals surface area contributed by atoms with Crippen molar-refractivity contribution in [1.29, 1.82) is 0 Å². The molecular weight excluding hydrogens is 189 g/mol. The lowest BCUT2D eigenvalue weighted by molar-refractivity contribution is 0.332. The van der Waals surface area contributed by atoms with Crippen molar-refractivity contribution in [3.05, 3.63) is 34.9 Å². The molecule has 1 heterocycles. The quantitative estimate of drug-likeness (QED) is 0.732. The van der Waals surface area contributed by atoms with Gasteiger partial charge in [-0.2, -0.15) is 0 Å². The number of hydrogen-bond acceptors (Lipinski definition) is 1. The molecule has 1 nitrogen and oxygen atoms in total. The van der Waals surface area contributed by atoms with Crippen LogP contribution in [-0.2, 0) is 0 Å². The number of benzene rings is 1. The van der Waals surface area contributed by atoms with Crippen LogP contribution in [0.3, 0.4) is 0 Å². The van der Waals surface area contributed by atoms with Gasteiger partial charge in [-0.1, -0.05) is 23.7 Å². The van der Waals surface area contributed by atoms with Crippen molar-refractivity contribution in [2.75, 3.05) is 13.1 Å². The summed E-state index contributed by atoms with van der Waals surface area (Å²) in [6.45, 7) is 1.19. The Kier molecular flexibility index (Phi) is 2.51. The summed E-state index contributed by atoms with van der Waals surface area (Å²) in [5, 5.41) is 3.73. The molecular formula is C10H11ClFN. The molecule has 1 N–H and O–H groups in total. The molecule has 1 aromatic rings. The molecule has 3 heteroatoms. The molecule has 0 spiro atoms. The first-order valence-electron chi connectivity index (χ1n) is 4.37. The Balaban J connectivity index is 2.20. The molecule has 0 aromatic heterocycles. The van der Waals surface area contributed by atoms with Crippen LogP contribution < -0.4 is 5.32 Å². The standard InChI is InChI=1S/C10H11ClFN/c11-8-3-1-7(2-4-8)9-5-13-6-10(9)12/h1-4,9-10,13H,5-6H2/t9-,10+/m1/s1. The van der Waals surface area contributed by atoms with E-state index < -0.39 is 6.17 Å². The van der Waals surface area contributed by atoms with Crippen molar-refractivity contribution in [1.82, 2.24) is 5.32 Å². The van der Waals surface area contributed by atoms with E-state index in [2.05, 4.69) is 5.32 Å². The molecule has 1 aliphatic heterocycles. The Bertz CT molecular complexity index is 285. The van der Waals surface area contributed by atoms with Crippen LogP contribution in [0.15, 0.2) is 24.3 Å². The fourth-order valence-electron chi connectivity index (χ4n) is 1.68. The second-order valence-corrected chi connectivity index (χ2v) is 3.77. The predicted molar refractivity (Wildman–Crippen MR) is 52.0 cm³/mol. The van der Waals surface area contributed by atoms with Crippen LogP contribution in [0.5, 0.6) is 0 Å². The minimum atomic E-state index is -0.763. The minimum absolute atomic E-state index is 0.00253. The van der Waals surface area contributed by atoms with Crippen LogP contribution in [0, 0.1) is 0 Å². The van der Waals surface area contributed by atoms with E-state index in [0.717, 1.165) is 12.1 Å². The smallest absolute Gasteiger partial charge is 0.121 e. The highest BCUT2D eigenvalue weighted by Crippen LogP contribution is 2.25. The Hall–Kier alpha value is -0.600.